The molecule has 1 aliphatic carbocycles. The minimum Gasteiger partial charge on any atom is -0.352 e. The third-order valence-electron chi connectivity index (χ3n) is 5.95. The number of hydrogen-bond donors (Lipinski definition) is 1. The summed E-state index contributed by atoms with van der Waals surface area (Å²) in [6.45, 7) is 2.01. The summed E-state index contributed by atoms with van der Waals surface area (Å²) in [6, 6.07) is 13.0. The van der Waals surface area contributed by atoms with Gasteiger partial charge in [-0.1, -0.05) is 61.2 Å². The monoisotopic (exact) mass is 444 g/mol. The van der Waals surface area contributed by atoms with Crippen molar-refractivity contribution in [3.05, 3.63) is 70.5 Å². The molecule has 0 radical (unpaired) electrons. The topological polar surface area (TPSA) is 49.4 Å². The van der Waals surface area contributed by atoms with Crippen LogP contribution in [0.2, 0.25) is 5.02 Å². The summed E-state index contributed by atoms with van der Waals surface area (Å²) in [7, 11) is 0. The van der Waals surface area contributed by atoms with Crippen molar-refractivity contribution in [1.29, 1.82) is 0 Å². The average Bonchev–Trinajstić information content (AvgIpc) is 2.78. The molecule has 2 aromatic rings. The van der Waals surface area contributed by atoms with Gasteiger partial charge in [-0.25, -0.2) is 4.39 Å². The number of carbonyl (C=O) groups excluding carboxylic acids is 2. The van der Waals surface area contributed by atoms with E-state index in [-0.39, 0.29) is 36.6 Å². The molecule has 0 unspecified atom stereocenters. The molecule has 2 aromatic carbocycles. The van der Waals surface area contributed by atoms with E-state index in [4.69, 9.17) is 11.6 Å². The van der Waals surface area contributed by atoms with E-state index >= 15 is 0 Å². The van der Waals surface area contributed by atoms with Crippen LogP contribution in [0, 0.1) is 5.82 Å². The lowest BCUT2D eigenvalue weighted by Crippen LogP contribution is -2.50. The molecular formula is C25H30ClFN2O2. The third kappa shape index (κ3) is 6.79. The molecule has 1 aliphatic rings. The molecule has 3 rings (SSSR count). The summed E-state index contributed by atoms with van der Waals surface area (Å²) in [5, 5.41) is 3.75. The van der Waals surface area contributed by atoms with E-state index in [9.17, 15) is 14.0 Å². The Hall–Kier alpha value is -2.40. The van der Waals surface area contributed by atoms with Crippen LogP contribution in [-0.2, 0) is 22.6 Å². The van der Waals surface area contributed by atoms with Crippen molar-refractivity contribution >= 4 is 23.4 Å². The Morgan fingerprint density at radius 1 is 1.10 bits per heavy atom. The van der Waals surface area contributed by atoms with E-state index in [2.05, 4.69) is 5.32 Å². The number of halogens is 2. The zero-order valence-corrected chi connectivity index (χ0v) is 18.7. The van der Waals surface area contributed by atoms with Crippen molar-refractivity contribution in [1.82, 2.24) is 10.2 Å². The Morgan fingerprint density at radius 2 is 1.77 bits per heavy atom. The molecule has 4 nitrogen and oxygen atoms in total. The summed E-state index contributed by atoms with van der Waals surface area (Å²) in [5.41, 5.74) is 1.68. The Morgan fingerprint density at radius 3 is 2.45 bits per heavy atom. The van der Waals surface area contributed by atoms with E-state index in [0.29, 0.717) is 11.4 Å². The van der Waals surface area contributed by atoms with Gasteiger partial charge in [0.15, 0.2) is 0 Å². The quantitative estimate of drug-likeness (QED) is 0.602. The molecule has 6 heteroatoms. The largest absolute Gasteiger partial charge is 0.352 e. The van der Waals surface area contributed by atoms with Gasteiger partial charge in [-0.3, -0.25) is 9.59 Å². The Bertz CT molecular complexity index is 881. The Labute approximate surface area is 188 Å². The lowest BCUT2D eigenvalue weighted by Gasteiger charge is -2.31. The molecule has 0 aromatic heterocycles. The van der Waals surface area contributed by atoms with Crippen LogP contribution in [0.5, 0.6) is 0 Å². The minimum atomic E-state index is -0.620. The van der Waals surface area contributed by atoms with Crippen LogP contribution in [0.25, 0.3) is 0 Å². The normalized spacial score (nSPS) is 15.3. The number of benzene rings is 2. The summed E-state index contributed by atoms with van der Waals surface area (Å²) in [5.74, 6) is -0.598. The molecule has 0 heterocycles. The highest BCUT2D eigenvalue weighted by molar-refractivity contribution is 6.31. The fourth-order valence-corrected chi connectivity index (χ4v) is 4.25. The number of aryl methyl sites for hydroxylation is 1. The molecular weight excluding hydrogens is 415 g/mol. The number of hydrogen-bond acceptors (Lipinski definition) is 2. The van der Waals surface area contributed by atoms with Gasteiger partial charge in [-0.05, 0) is 55.5 Å². The van der Waals surface area contributed by atoms with Crippen LogP contribution < -0.4 is 5.32 Å². The predicted octanol–water partition coefficient (Wildman–Crippen LogP) is 5.28. The molecule has 2 amide bonds. The van der Waals surface area contributed by atoms with Crippen molar-refractivity contribution in [3.63, 3.8) is 0 Å². The Kier molecular flexibility index (Phi) is 8.47. The first-order valence-electron chi connectivity index (χ1n) is 11.0. The smallest absolute Gasteiger partial charge is 0.242 e. The van der Waals surface area contributed by atoms with Gasteiger partial charge in [-0.15, -0.1) is 0 Å². The van der Waals surface area contributed by atoms with Gasteiger partial charge in [0, 0.05) is 24.0 Å². The zero-order valence-electron chi connectivity index (χ0n) is 17.9. The molecule has 31 heavy (non-hydrogen) atoms. The number of nitrogens with one attached hydrogen (secondary N) is 1. The van der Waals surface area contributed by atoms with Crippen molar-refractivity contribution < 1.29 is 14.0 Å². The summed E-state index contributed by atoms with van der Waals surface area (Å²) >= 11 is 6.23. The Balaban J connectivity index is 1.70. The molecule has 1 fully saturated rings. The minimum absolute atomic E-state index is 0.129. The second-order valence-corrected chi connectivity index (χ2v) is 8.67. The van der Waals surface area contributed by atoms with E-state index < -0.39 is 6.04 Å². The van der Waals surface area contributed by atoms with Crippen molar-refractivity contribution in [2.45, 2.75) is 70.5 Å². The number of nitrogens with zero attached hydrogens (tertiary/aromatic N) is 1. The van der Waals surface area contributed by atoms with Crippen molar-refractivity contribution in [2.24, 2.45) is 0 Å². The summed E-state index contributed by atoms with van der Waals surface area (Å²) in [4.78, 5) is 27.7. The second kappa shape index (κ2) is 11.3. The lowest BCUT2D eigenvalue weighted by molar-refractivity contribution is -0.141. The predicted molar refractivity (Wildman–Crippen MR) is 121 cm³/mol. The number of carbonyl (C=O) groups is 2. The highest BCUT2D eigenvalue weighted by Crippen LogP contribution is 2.20. The average molecular weight is 445 g/mol. The first-order valence-corrected chi connectivity index (χ1v) is 11.4. The standard InChI is InChI=1S/C25H30ClFN2O2/c1-18(25(31)28-22-8-3-2-4-9-22)29(17-19-11-14-21(27)15-12-19)24(30)16-13-20-7-5-6-10-23(20)26/h5-7,10-12,14-15,18,22H,2-4,8-9,13,16-17H2,1H3,(H,28,31)/t18-/m0/s1. The van der Waals surface area contributed by atoms with Crippen LogP contribution in [0.4, 0.5) is 4.39 Å². The van der Waals surface area contributed by atoms with Crippen molar-refractivity contribution in [2.75, 3.05) is 0 Å². The number of amides is 2. The fraction of sp³-hybridized carbons (Fsp3) is 0.440. The van der Waals surface area contributed by atoms with Gasteiger partial charge < -0.3 is 10.2 Å². The second-order valence-electron chi connectivity index (χ2n) is 8.26. The molecule has 0 spiro atoms. The molecule has 166 valence electrons. The van der Waals surface area contributed by atoms with Gasteiger partial charge in [0.1, 0.15) is 11.9 Å². The molecule has 0 aliphatic heterocycles. The molecule has 0 saturated heterocycles. The van der Waals surface area contributed by atoms with Gasteiger partial charge in [0.2, 0.25) is 11.8 Å². The summed E-state index contributed by atoms with van der Waals surface area (Å²) < 4.78 is 13.3. The van der Waals surface area contributed by atoms with Crippen LogP contribution in [0.1, 0.15) is 56.6 Å². The lowest BCUT2D eigenvalue weighted by atomic mass is 9.95. The number of rotatable bonds is 8. The molecule has 1 saturated carbocycles. The van der Waals surface area contributed by atoms with E-state index in [1.54, 1.807) is 30.0 Å². The van der Waals surface area contributed by atoms with Gasteiger partial charge in [0.25, 0.3) is 0 Å². The van der Waals surface area contributed by atoms with E-state index in [1.807, 2.05) is 18.2 Å². The van der Waals surface area contributed by atoms with Crippen LogP contribution in [0.15, 0.2) is 48.5 Å². The summed E-state index contributed by atoms with van der Waals surface area (Å²) in [6.07, 6.45) is 6.15. The molecule has 0 bridgehead atoms. The first kappa shape index (κ1) is 23.3. The van der Waals surface area contributed by atoms with Gasteiger partial charge in [0.05, 0.1) is 0 Å². The van der Waals surface area contributed by atoms with Gasteiger partial charge in [-0.2, -0.15) is 0 Å². The third-order valence-corrected chi connectivity index (χ3v) is 6.32. The van der Waals surface area contributed by atoms with E-state index in [1.165, 1.54) is 18.6 Å². The highest BCUT2D eigenvalue weighted by atomic mass is 35.5. The highest BCUT2D eigenvalue weighted by Gasteiger charge is 2.28. The van der Waals surface area contributed by atoms with Gasteiger partial charge >= 0.3 is 0 Å². The maximum absolute atomic E-state index is 13.3. The SMILES string of the molecule is C[C@@H](C(=O)NC1CCCCC1)N(Cc1ccc(F)cc1)C(=O)CCc1ccccc1Cl. The van der Waals surface area contributed by atoms with E-state index in [0.717, 1.165) is 36.8 Å². The van der Waals surface area contributed by atoms with Crippen LogP contribution in [0.3, 0.4) is 0 Å². The molecule has 1 atom stereocenters. The van der Waals surface area contributed by atoms with Crippen LogP contribution in [-0.4, -0.2) is 28.8 Å². The fourth-order valence-electron chi connectivity index (χ4n) is 4.02. The maximum Gasteiger partial charge on any atom is 0.242 e. The van der Waals surface area contributed by atoms with Crippen molar-refractivity contribution in [3.8, 4) is 0 Å². The zero-order chi connectivity index (χ0) is 22.2. The molecule has 1 N–H and O–H groups in total. The maximum atomic E-state index is 13.3. The van der Waals surface area contributed by atoms with Crippen LogP contribution >= 0.6 is 11.6 Å². The first-order chi connectivity index (χ1) is 14.9.